The summed E-state index contributed by atoms with van der Waals surface area (Å²) in [6.45, 7) is 6.01. The van der Waals surface area contributed by atoms with Gasteiger partial charge in [-0.15, -0.1) is 0 Å². The van der Waals surface area contributed by atoms with Crippen LogP contribution in [0.25, 0.3) is 0 Å². The summed E-state index contributed by atoms with van der Waals surface area (Å²) in [6.07, 6.45) is 4.29. The Balaban J connectivity index is 1.61. The molecule has 16 heavy (non-hydrogen) atoms. The van der Waals surface area contributed by atoms with Crippen molar-refractivity contribution in [2.75, 3.05) is 0 Å². The molecule has 1 saturated heterocycles. The number of H-pyrrole nitrogens is 1. The third-order valence-electron chi connectivity index (χ3n) is 2.97. The van der Waals surface area contributed by atoms with E-state index in [1.807, 2.05) is 13.8 Å². The van der Waals surface area contributed by atoms with Crippen molar-refractivity contribution in [1.29, 1.82) is 0 Å². The number of hydrogen-bond acceptors (Lipinski definition) is 3. The molecule has 1 aliphatic rings. The van der Waals surface area contributed by atoms with Gasteiger partial charge in [-0.05, 0) is 40.0 Å². The Morgan fingerprint density at radius 2 is 2.00 bits per heavy atom. The van der Waals surface area contributed by atoms with Gasteiger partial charge < -0.3 is 14.5 Å². The molecule has 0 unspecified atom stereocenters. The minimum absolute atomic E-state index is 0.000345. The lowest BCUT2D eigenvalue weighted by Crippen LogP contribution is -2.38. The maximum Gasteiger partial charge on any atom is 0.163 e. The first kappa shape index (κ1) is 11.6. The van der Waals surface area contributed by atoms with Crippen molar-refractivity contribution >= 4 is 0 Å². The number of hydrogen-bond donors (Lipinski definition) is 1. The second kappa shape index (κ2) is 4.97. The summed E-state index contributed by atoms with van der Waals surface area (Å²) in [7, 11) is 0. The third-order valence-corrected chi connectivity index (χ3v) is 2.97. The topological polar surface area (TPSA) is 47.1 Å². The molecule has 1 aromatic rings. The van der Waals surface area contributed by atoms with Crippen LogP contribution in [0.2, 0.25) is 0 Å². The van der Waals surface area contributed by atoms with E-state index in [0.717, 1.165) is 37.2 Å². The van der Waals surface area contributed by atoms with Crippen molar-refractivity contribution in [2.45, 2.75) is 59.0 Å². The van der Waals surface area contributed by atoms with Crippen molar-refractivity contribution in [1.82, 2.24) is 9.97 Å². The standard InChI is InChI=1S/C12H20N2O2/c1-8-9(2)14-11(13-8)6-4-5-7-12-15-10(3)16-12/h10,12H,4-7H2,1-3H3,(H,13,14). The van der Waals surface area contributed by atoms with Gasteiger partial charge in [0.25, 0.3) is 0 Å². The van der Waals surface area contributed by atoms with Crippen molar-refractivity contribution in [3.05, 3.63) is 17.2 Å². The van der Waals surface area contributed by atoms with Crippen molar-refractivity contribution in [2.24, 2.45) is 0 Å². The number of aryl methyl sites for hydroxylation is 3. The molecule has 0 radical (unpaired) electrons. The highest BCUT2D eigenvalue weighted by molar-refractivity contribution is 5.10. The molecule has 90 valence electrons. The Morgan fingerprint density at radius 1 is 1.25 bits per heavy atom. The Morgan fingerprint density at radius 3 is 2.56 bits per heavy atom. The molecule has 0 amide bonds. The normalized spacial score (nSPS) is 24.4. The molecule has 0 atom stereocenters. The molecule has 2 rings (SSSR count). The fraction of sp³-hybridized carbons (Fsp3) is 0.750. The van der Waals surface area contributed by atoms with E-state index >= 15 is 0 Å². The highest BCUT2D eigenvalue weighted by atomic mass is 16.9. The Kier molecular flexibility index (Phi) is 3.61. The maximum absolute atomic E-state index is 5.37. The number of aromatic nitrogens is 2. The Labute approximate surface area is 96.4 Å². The predicted molar refractivity (Wildman–Crippen MR) is 61.0 cm³/mol. The first-order valence-corrected chi connectivity index (χ1v) is 5.98. The van der Waals surface area contributed by atoms with Crippen LogP contribution in [0.3, 0.4) is 0 Å². The summed E-state index contributed by atoms with van der Waals surface area (Å²) in [5, 5.41) is 0. The van der Waals surface area contributed by atoms with Gasteiger partial charge in [0.15, 0.2) is 12.6 Å². The monoisotopic (exact) mass is 224 g/mol. The van der Waals surface area contributed by atoms with Crippen LogP contribution in [-0.2, 0) is 15.9 Å². The summed E-state index contributed by atoms with van der Waals surface area (Å²) < 4.78 is 10.7. The van der Waals surface area contributed by atoms with Gasteiger partial charge in [0.05, 0.1) is 5.69 Å². The average molecular weight is 224 g/mol. The molecule has 1 aromatic heterocycles. The predicted octanol–water partition coefficient (Wildman–Crippen LogP) is 2.46. The number of imidazole rings is 1. The van der Waals surface area contributed by atoms with Gasteiger partial charge in [0.1, 0.15) is 5.82 Å². The number of rotatable bonds is 5. The fourth-order valence-corrected chi connectivity index (χ4v) is 1.92. The molecule has 2 heterocycles. The average Bonchev–Trinajstić information content (AvgIpc) is 2.50. The van der Waals surface area contributed by atoms with Gasteiger partial charge in [-0.25, -0.2) is 4.98 Å². The number of nitrogens with zero attached hydrogens (tertiary/aromatic N) is 1. The van der Waals surface area contributed by atoms with Gasteiger partial charge in [-0.3, -0.25) is 0 Å². The molecular formula is C12H20N2O2. The highest BCUT2D eigenvalue weighted by Crippen LogP contribution is 2.21. The van der Waals surface area contributed by atoms with E-state index in [-0.39, 0.29) is 12.6 Å². The molecule has 0 aromatic carbocycles. The van der Waals surface area contributed by atoms with E-state index in [1.165, 1.54) is 5.69 Å². The second-order valence-electron chi connectivity index (χ2n) is 4.41. The van der Waals surface area contributed by atoms with Gasteiger partial charge >= 0.3 is 0 Å². The van der Waals surface area contributed by atoms with Gasteiger partial charge in [0, 0.05) is 12.1 Å². The van der Waals surface area contributed by atoms with Crippen LogP contribution < -0.4 is 0 Å². The molecular weight excluding hydrogens is 204 g/mol. The fourth-order valence-electron chi connectivity index (χ4n) is 1.92. The quantitative estimate of drug-likeness (QED) is 0.781. The molecule has 0 bridgehead atoms. The van der Waals surface area contributed by atoms with Crippen LogP contribution in [0.4, 0.5) is 0 Å². The van der Waals surface area contributed by atoms with E-state index in [4.69, 9.17) is 9.47 Å². The third kappa shape index (κ3) is 2.83. The van der Waals surface area contributed by atoms with Crippen molar-refractivity contribution in [3.8, 4) is 0 Å². The molecule has 1 aliphatic heterocycles. The van der Waals surface area contributed by atoms with Crippen LogP contribution >= 0.6 is 0 Å². The lowest BCUT2D eigenvalue weighted by atomic mass is 10.2. The largest absolute Gasteiger partial charge is 0.346 e. The van der Waals surface area contributed by atoms with E-state index < -0.39 is 0 Å². The zero-order chi connectivity index (χ0) is 11.5. The summed E-state index contributed by atoms with van der Waals surface area (Å²) >= 11 is 0. The van der Waals surface area contributed by atoms with E-state index in [2.05, 4.69) is 16.9 Å². The van der Waals surface area contributed by atoms with Crippen LogP contribution in [0.1, 0.15) is 43.4 Å². The zero-order valence-electron chi connectivity index (χ0n) is 10.2. The van der Waals surface area contributed by atoms with Crippen LogP contribution in [-0.4, -0.2) is 22.5 Å². The molecule has 1 N–H and O–H groups in total. The van der Waals surface area contributed by atoms with Crippen molar-refractivity contribution in [3.63, 3.8) is 0 Å². The van der Waals surface area contributed by atoms with Gasteiger partial charge in [-0.2, -0.15) is 0 Å². The Bertz CT molecular complexity index is 323. The number of unbranched alkanes of at least 4 members (excludes halogenated alkanes) is 1. The first-order valence-electron chi connectivity index (χ1n) is 5.98. The summed E-state index contributed by atoms with van der Waals surface area (Å²) in [5.74, 6) is 1.10. The van der Waals surface area contributed by atoms with E-state index in [9.17, 15) is 0 Å². The SMILES string of the molecule is Cc1nc(CCCCC2OC(C)O2)[nH]c1C. The molecule has 4 nitrogen and oxygen atoms in total. The van der Waals surface area contributed by atoms with Crippen LogP contribution in [0.5, 0.6) is 0 Å². The highest BCUT2D eigenvalue weighted by Gasteiger charge is 2.25. The smallest absolute Gasteiger partial charge is 0.163 e. The van der Waals surface area contributed by atoms with Gasteiger partial charge in [0.2, 0.25) is 0 Å². The van der Waals surface area contributed by atoms with E-state index in [1.54, 1.807) is 0 Å². The Hall–Kier alpha value is -0.870. The number of ether oxygens (including phenoxy) is 2. The maximum atomic E-state index is 5.37. The summed E-state index contributed by atoms with van der Waals surface area (Å²) in [6, 6.07) is 0. The first-order chi connectivity index (χ1) is 7.65. The molecule has 0 saturated carbocycles. The minimum atomic E-state index is 0.000345. The van der Waals surface area contributed by atoms with Crippen LogP contribution in [0.15, 0.2) is 0 Å². The minimum Gasteiger partial charge on any atom is -0.346 e. The second-order valence-corrected chi connectivity index (χ2v) is 4.41. The van der Waals surface area contributed by atoms with Crippen molar-refractivity contribution < 1.29 is 9.47 Å². The zero-order valence-corrected chi connectivity index (χ0v) is 10.2. The summed E-state index contributed by atoms with van der Waals surface area (Å²) in [4.78, 5) is 7.75. The molecule has 0 spiro atoms. The molecule has 1 fully saturated rings. The number of nitrogens with one attached hydrogen (secondary N) is 1. The lowest BCUT2D eigenvalue weighted by molar-refractivity contribution is -0.377. The van der Waals surface area contributed by atoms with Gasteiger partial charge in [-0.1, -0.05) is 0 Å². The lowest BCUT2D eigenvalue weighted by Gasteiger charge is -2.33. The number of aromatic amines is 1. The molecule has 0 aliphatic carbocycles. The summed E-state index contributed by atoms with van der Waals surface area (Å²) in [5.41, 5.74) is 2.28. The van der Waals surface area contributed by atoms with Crippen LogP contribution in [0, 0.1) is 13.8 Å². The molecule has 4 heteroatoms. The van der Waals surface area contributed by atoms with E-state index in [0.29, 0.717) is 0 Å².